The Morgan fingerprint density at radius 2 is 2.18 bits per heavy atom. The summed E-state index contributed by atoms with van der Waals surface area (Å²) in [4.78, 5) is 4.27. The molecule has 0 bridgehead atoms. The van der Waals surface area contributed by atoms with Gasteiger partial charge in [0.1, 0.15) is 0 Å². The highest BCUT2D eigenvalue weighted by Crippen LogP contribution is 2.21. The second-order valence-electron chi connectivity index (χ2n) is 3.89. The van der Waals surface area contributed by atoms with Crippen LogP contribution in [-0.2, 0) is 12.8 Å². The van der Waals surface area contributed by atoms with Gasteiger partial charge in [0.25, 0.3) is 0 Å². The molecule has 0 fully saturated rings. The lowest BCUT2D eigenvalue weighted by Crippen LogP contribution is -1.98. The van der Waals surface area contributed by atoms with Gasteiger partial charge in [-0.1, -0.05) is 30.8 Å². The number of thioether (sulfide) groups is 1. The zero-order chi connectivity index (χ0) is 12.4. The molecule has 0 amide bonds. The Morgan fingerprint density at radius 1 is 1.41 bits per heavy atom. The molecular weight excluding hydrogens is 240 g/mol. The summed E-state index contributed by atoms with van der Waals surface area (Å²) in [5.74, 6) is 2.52. The quantitative estimate of drug-likeness (QED) is 0.819. The third kappa shape index (κ3) is 2.57. The predicted octanol–water partition coefficient (Wildman–Crippen LogP) is 1.20. The van der Waals surface area contributed by atoms with Crippen molar-refractivity contribution in [2.75, 3.05) is 5.73 Å². The summed E-state index contributed by atoms with van der Waals surface area (Å²) in [5.41, 5.74) is 5.58. The van der Waals surface area contributed by atoms with Crippen molar-refractivity contribution < 1.29 is 4.52 Å². The minimum absolute atomic E-state index is 0.242. The summed E-state index contributed by atoms with van der Waals surface area (Å²) in [6.45, 7) is 4.02. The Balaban J connectivity index is 2.00. The molecule has 2 aromatic heterocycles. The van der Waals surface area contributed by atoms with Gasteiger partial charge in [-0.05, 0) is 0 Å². The maximum Gasteiger partial charge on any atom is 0.229 e. The monoisotopic (exact) mass is 254 g/mol. The standard InChI is InChI=1S/C9H14N6OS/c1-5(2)7-11-6(14-16-7)4-17-9-13-12-8(10)15(9)3/h5H,4H2,1-3H3,(H2,10,12). The summed E-state index contributed by atoms with van der Waals surface area (Å²) >= 11 is 1.47. The maximum atomic E-state index is 5.58. The second kappa shape index (κ2) is 4.74. The molecule has 2 aromatic rings. The van der Waals surface area contributed by atoms with Gasteiger partial charge >= 0.3 is 0 Å². The van der Waals surface area contributed by atoms with Crippen LogP contribution in [0, 0.1) is 0 Å². The van der Waals surface area contributed by atoms with Crippen LogP contribution < -0.4 is 5.73 Å². The van der Waals surface area contributed by atoms with Crippen LogP contribution in [0.5, 0.6) is 0 Å². The van der Waals surface area contributed by atoms with Crippen LogP contribution in [0.25, 0.3) is 0 Å². The summed E-state index contributed by atoms with van der Waals surface area (Å²) in [7, 11) is 1.81. The normalized spacial score (nSPS) is 11.3. The molecule has 0 aliphatic carbocycles. The number of aromatic nitrogens is 5. The molecule has 0 saturated heterocycles. The van der Waals surface area contributed by atoms with E-state index >= 15 is 0 Å². The molecule has 8 heteroatoms. The zero-order valence-electron chi connectivity index (χ0n) is 9.91. The van der Waals surface area contributed by atoms with E-state index in [-0.39, 0.29) is 5.92 Å². The van der Waals surface area contributed by atoms with E-state index in [1.165, 1.54) is 11.8 Å². The molecule has 0 aliphatic heterocycles. The molecule has 0 unspecified atom stereocenters. The molecular formula is C9H14N6OS. The van der Waals surface area contributed by atoms with Crippen molar-refractivity contribution in [1.82, 2.24) is 24.9 Å². The first-order chi connectivity index (χ1) is 8.08. The molecule has 0 aliphatic rings. The third-order valence-corrected chi connectivity index (χ3v) is 3.19. The van der Waals surface area contributed by atoms with E-state index < -0.39 is 0 Å². The Bertz CT molecular complexity index is 505. The van der Waals surface area contributed by atoms with E-state index in [4.69, 9.17) is 10.3 Å². The largest absolute Gasteiger partial charge is 0.368 e. The number of hydrogen-bond acceptors (Lipinski definition) is 7. The van der Waals surface area contributed by atoms with Crippen LogP contribution in [0.4, 0.5) is 5.95 Å². The van der Waals surface area contributed by atoms with Crippen molar-refractivity contribution in [1.29, 1.82) is 0 Å². The van der Waals surface area contributed by atoms with Crippen LogP contribution in [0.15, 0.2) is 9.68 Å². The number of hydrogen-bond donors (Lipinski definition) is 1. The third-order valence-electron chi connectivity index (χ3n) is 2.18. The van der Waals surface area contributed by atoms with Crippen molar-refractivity contribution >= 4 is 17.7 Å². The molecule has 0 spiro atoms. The molecule has 0 atom stereocenters. The smallest absolute Gasteiger partial charge is 0.229 e. The molecule has 92 valence electrons. The van der Waals surface area contributed by atoms with Gasteiger partial charge in [0.2, 0.25) is 11.8 Å². The molecule has 0 aromatic carbocycles. The summed E-state index contributed by atoms with van der Waals surface area (Å²) in [6, 6.07) is 0. The lowest BCUT2D eigenvalue weighted by molar-refractivity contribution is 0.362. The lowest BCUT2D eigenvalue weighted by Gasteiger charge is -1.97. The second-order valence-corrected chi connectivity index (χ2v) is 4.83. The van der Waals surface area contributed by atoms with Crippen LogP contribution in [-0.4, -0.2) is 24.9 Å². The Morgan fingerprint density at radius 3 is 2.71 bits per heavy atom. The van der Waals surface area contributed by atoms with E-state index in [2.05, 4.69) is 20.3 Å². The molecule has 17 heavy (non-hydrogen) atoms. The highest BCUT2D eigenvalue weighted by molar-refractivity contribution is 7.98. The van der Waals surface area contributed by atoms with Crippen molar-refractivity contribution in [2.24, 2.45) is 7.05 Å². The molecule has 2 rings (SSSR count). The molecule has 0 radical (unpaired) electrons. The van der Waals surface area contributed by atoms with Gasteiger partial charge in [-0.15, -0.1) is 10.2 Å². The van der Waals surface area contributed by atoms with Gasteiger partial charge in [0.15, 0.2) is 11.0 Å². The number of rotatable bonds is 4. The molecule has 2 heterocycles. The van der Waals surface area contributed by atoms with E-state index in [0.29, 0.717) is 23.4 Å². The minimum atomic E-state index is 0.242. The van der Waals surface area contributed by atoms with Crippen molar-refractivity contribution in [2.45, 2.75) is 30.7 Å². The minimum Gasteiger partial charge on any atom is -0.368 e. The van der Waals surface area contributed by atoms with Crippen LogP contribution in [0.3, 0.4) is 0 Å². The average Bonchev–Trinajstić information content (AvgIpc) is 2.86. The Labute approximate surface area is 103 Å². The van der Waals surface area contributed by atoms with Gasteiger partial charge in [0.05, 0.1) is 5.75 Å². The van der Waals surface area contributed by atoms with Crippen molar-refractivity contribution in [3.63, 3.8) is 0 Å². The highest BCUT2D eigenvalue weighted by Gasteiger charge is 2.12. The van der Waals surface area contributed by atoms with Gasteiger partial charge in [-0.25, -0.2) is 0 Å². The Hall–Kier alpha value is -1.57. The van der Waals surface area contributed by atoms with Gasteiger partial charge < -0.3 is 10.3 Å². The number of nitrogens with two attached hydrogens (primary N) is 1. The fourth-order valence-electron chi connectivity index (χ4n) is 1.14. The van der Waals surface area contributed by atoms with E-state index in [9.17, 15) is 0 Å². The van der Waals surface area contributed by atoms with Crippen molar-refractivity contribution in [3.05, 3.63) is 11.7 Å². The van der Waals surface area contributed by atoms with Crippen LogP contribution in [0.1, 0.15) is 31.5 Å². The highest BCUT2D eigenvalue weighted by atomic mass is 32.2. The van der Waals surface area contributed by atoms with Crippen LogP contribution >= 0.6 is 11.8 Å². The maximum absolute atomic E-state index is 5.58. The van der Waals surface area contributed by atoms with E-state index in [0.717, 1.165) is 5.16 Å². The summed E-state index contributed by atoms with van der Waals surface area (Å²) in [5, 5.41) is 12.3. The van der Waals surface area contributed by atoms with Crippen molar-refractivity contribution in [3.8, 4) is 0 Å². The first-order valence-corrected chi connectivity index (χ1v) is 6.16. The number of nitrogens with zero attached hydrogens (tertiary/aromatic N) is 5. The molecule has 7 nitrogen and oxygen atoms in total. The molecule has 0 saturated carbocycles. The van der Waals surface area contributed by atoms with E-state index in [1.807, 2.05) is 20.9 Å². The fourth-order valence-corrected chi connectivity index (χ4v) is 1.90. The first-order valence-electron chi connectivity index (χ1n) is 5.18. The topological polar surface area (TPSA) is 95.7 Å². The molecule has 2 N–H and O–H groups in total. The number of nitrogen functional groups attached to an aromatic ring is 1. The summed E-state index contributed by atoms with van der Waals surface area (Å²) in [6.07, 6.45) is 0. The number of anilines is 1. The SMILES string of the molecule is CC(C)c1nc(CSc2nnc(N)n2C)no1. The van der Waals surface area contributed by atoms with Crippen LogP contribution in [0.2, 0.25) is 0 Å². The lowest BCUT2D eigenvalue weighted by atomic mass is 10.2. The van der Waals surface area contributed by atoms with Gasteiger partial charge in [0, 0.05) is 13.0 Å². The van der Waals surface area contributed by atoms with E-state index in [1.54, 1.807) is 4.57 Å². The van der Waals surface area contributed by atoms with Gasteiger partial charge in [-0.3, -0.25) is 4.57 Å². The predicted molar refractivity (Wildman–Crippen MR) is 63.4 cm³/mol. The summed E-state index contributed by atoms with van der Waals surface area (Å²) < 4.78 is 6.82. The zero-order valence-corrected chi connectivity index (χ0v) is 10.7. The first kappa shape index (κ1) is 11.9. The Kier molecular flexibility index (Phi) is 3.32. The van der Waals surface area contributed by atoms with Gasteiger partial charge in [-0.2, -0.15) is 4.98 Å². The fraction of sp³-hybridized carbons (Fsp3) is 0.556. The average molecular weight is 254 g/mol.